The van der Waals surface area contributed by atoms with Crippen molar-refractivity contribution in [3.63, 3.8) is 0 Å². The summed E-state index contributed by atoms with van der Waals surface area (Å²) in [5.41, 5.74) is 2.41. The van der Waals surface area contributed by atoms with Crippen LogP contribution >= 0.6 is 11.6 Å². The Morgan fingerprint density at radius 2 is 1.80 bits per heavy atom. The number of hydrogen-bond donors (Lipinski definition) is 1. The van der Waals surface area contributed by atoms with Crippen molar-refractivity contribution in [3.8, 4) is 23.0 Å². The molecule has 0 saturated heterocycles. The number of rotatable bonds is 8. The highest BCUT2D eigenvalue weighted by Gasteiger charge is 2.14. The van der Waals surface area contributed by atoms with Gasteiger partial charge in [0, 0.05) is 29.7 Å². The van der Waals surface area contributed by atoms with E-state index in [2.05, 4.69) is 5.32 Å². The minimum absolute atomic E-state index is 0.0844. The number of nitrogens with one attached hydrogen (secondary N) is 1. The lowest BCUT2D eigenvalue weighted by Crippen LogP contribution is -2.13. The lowest BCUT2D eigenvalue weighted by molar-refractivity contribution is 0.174. The van der Waals surface area contributed by atoms with Crippen LogP contribution in [0.2, 0.25) is 5.02 Å². The third-order valence-corrected chi connectivity index (χ3v) is 5.11. The molecule has 1 aliphatic rings. The number of benzene rings is 3. The monoisotopic (exact) mass is 429 g/mol. The average Bonchev–Trinajstić information content (AvgIpc) is 3.22. The quantitative estimate of drug-likeness (QED) is 0.540. The second-order valence-corrected chi connectivity index (χ2v) is 7.17. The van der Waals surface area contributed by atoms with Crippen LogP contribution < -0.4 is 24.3 Å². The molecule has 1 aliphatic heterocycles. The van der Waals surface area contributed by atoms with Crippen molar-refractivity contribution in [2.45, 2.75) is 19.7 Å². The van der Waals surface area contributed by atoms with Crippen LogP contribution in [-0.2, 0) is 19.7 Å². The molecule has 1 heterocycles. The number of halogens is 2. The molecular formula is C23H21ClFNO4. The van der Waals surface area contributed by atoms with Gasteiger partial charge in [-0.05, 0) is 35.4 Å². The van der Waals surface area contributed by atoms with Crippen LogP contribution in [0.1, 0.15) is 16.7 Å². The van der Waals surface area contributed by atoms with Gasteiger partial charge in [0.05, 0.1) is 7.11 Å². The van der Waals surface area contributed by atoms with Crippen LogP contribution in [-0.4, -0.2) is 13.9 Å². The molecule has 30 heavy (non-hydrogen) atoms. The third kappa shape index (κ3) is 4.61. The van der Waals surface area contributed by atoms with E-state index in [9.17, 15) is 4.39 Å². The first-order chi connectivity index (χ1) is 14.6. The van der Waals surface area contributed by atoms with Gasteiger partial charge in [0.15, 0.2) is 23.0 Å². The molecule has 0 bridgehead atoms. The molecule has 0 aromatic heterocycles. The standard InChI is InChI=1S/C23H21ClFNO4/c1-27-21-9-17(12-26-11-15-6-7-20-22(8-15)30-14-29-20)18(24)10-23(21)28-13-16-4-2-3-5-19(16)25/h2-10,26H,11-14H2,1H3. The highest BCUT2D eigenvalue weighted by Crippen LogP contribution is 2.35. The fourth-order valence-electron chi connectivity index (χ4n) is 3.15. The van der Waals surface area contributed by atoms with E-state index in [1.165, 1.54) is 6.07 Å². The van der Waals surface area contributed by atoms with Crippen molar-refractivity contribution < 1.29 is 23.3 Å². The molecule has 0 fully saturated rings. The maximum absolute atomic E-state index is 13.8. The number of hydrogen-bond acceptors (Lipinski definition) is 5. The normalized spacial score (nSPS) is 12.1. The van der Waals surface area contributed by atoms with Gasteiger partial charge in [-0.1, -0.05) is 35.9 Å². The molecule has 3 aromatic carbocycles. The van der Waals surface area contributed by atoms with Gasteiger partial charge in [0.1, 0.15) is 12.4 Å². The molecule has 4 rings (SSSR count). The maximum atomic E-state index is 13.8. The Bertz CT molecular complexity index is 1040. The van der Waals surface area contributed by atoms with Gasteiger partial charge in [0.25, 0.3) is 0 Å². The highest BCUT2D eigenvalue weighted by molar-refractivity contribution is 6.31. The van der Waals surface area contributed by atoms with Crippen molar-refractivity contribution >= 4 is 11.6 Å². The van der Waals surface area contributed by atoms with Gasteiger partial charge in [-0.3, -0.25) is 0 Å². The third-order valence-electron chi connectivity index (χ3n) is 4.76. The Morgan fingerprint density at radius 3 is 2.63 bits per heavy atom. The predicted molar refractivity (Wildman–Crippen MR) is 112 cm³/mol. The van der Waals surface area contributed by atoms with E-state index in [1.807, 2.05) is 24.3 Å². The van der Waals surface area contributed by atoms with Crippen LogP contribution in [0.5, 0.6) is 23.0 Å². The Labute approximate surface area is 179 Å². The number of fused-ring (bicyclic) bond motifs is 1. The molecule has 0 atom stereocenters. The summed E-state index contributed by atoms with van der Waals surface area (Å²) in [6.07, 6.45) is 0. The van der Waals surface area contributed by atoms with Crippen LogP contribution in [0.25, 0.3) is 0 Å². The van der Waals surface area contributed by atoms with Crippen molar-refractivity contribution in [1.29, 1.82) is 0 Å². The second-order valence-electron chi connectivity index (χ2n) is 6.77. The van der Waals surface area contributed by atoms with Crippen LogP contribution in [0.15, 0.2) is 54.6 Å². The summed E-state index contributed by atoms with van der Waals surface area (Å²) < 4.78 is 35.7. The van der Waals surface area contributed by atoms with E-state index >= 15 is 0 Å². The SMILES string of the molecule is COc1cc(CNCc2ccc3c(c2)OCO3)c(Cl)cc1OCc1ccccc1F. The number of methoxy groups -OCH3 is 1. The lowest BCUT2D eigenvalue weighted by Gasteiger charge is -2.15. The Hall–Kier alpha value is -2.96. The maximum Gasteiger partial charge on any atom is 0.231 e. The molecule has 0 radical (unpaired) electrons. The molecule has 0 amide bonds. The highest BCUT2D eigenvalue weighted by atomic mass is 35.5. The van der Waals surface area contributed by atoms with Gasteiger partial charge in [-0.25, -0.2) is 4.39 Å². The number of ether oxygens (including phenoxy) is 4. The zero-order chi connectivity index (χ0) is 20.9. The van der Waals surface area contributed by atoms with Gasteiger partial charge in [-0.15, -0.1) is 0 Å². The largest absolute Gasteiger partial charge is 0.493 e. The molecule has 1 N–H and O–H groups in total. The van der Waals surface area contributed by atoms with Gasteiger partial charge >= 0.3 is 0 Å². The Kier molecular flexibility index (Phi) is 6.26. The summed E-state index contributed by atoms with van der Waals surface area (Å²) in [6.45, 7) is 1.52. The van der Waals surface area contributed by atoms with Gasteiger partial charge < -0.3 is 24.3 Å². The summed E-state index contributed by atoms with van der Waals surface area (Å²) in [5.74, 6) is 2.20. The van der Waals surface area contributed by atoms with Crippen LogP contribution in [0.3, 0.4) is 0 Å². The average molecular weight is 430 g/mol. The lowest BCUT2D eigenvalue weighted by atomic mass is 10.1. The van der Waals surface area contributed by atoms with Gasteiger partial charge in [-0.2, -0.15) is 0 Å². The van der Waals surface area contributed by atoms with E-state index in [4.69, 9.17) is 30.5 Å². The first-order valence-corrected chi connectivity index (χ1v) is 9.83. The zero-order valence-electron chi connectivity index (χ0n) is 16.4. The smallest absolute Gasteiger partial charge is 0.231 e. The van der Waals surface area contributed by atoms with E-state index in [0.717, 1.165) is 22.6 Å². The minimum atomic E-state index is -0.313. The summed E-state index contributed by atoms with van der Waals surface area (Å²) in [6, 6.07) is 15.8. The van der Waals surface area contributed by atoms with E-state index < -0.39 is 0 Å². The van der Waals surface area contributed by atoms with E-state index in [1.54, 1.807) is 31.4 Å². The van der Waals surface area contributed by atoms with Crippen LogP contribution in [0.4, 0.5) is 4.39 Å². The molecule has 0 spiro atoms. The molecule has 156 valence electrons. The Morgan fingerprint density at radius 1 is 0.967 bits per heavy atom. The van der Waals surface area contributed by atoms with Gasteiger partial charge in [0.2, 0.25) is 6.79 Å². The van der Waals surface area contributed by atoms with Crippen molar-refractivity contribution in [3.05, 3.63) is 82.1 Å². The summed E-state index contributed by atoms with van der Waals surface area (Å²) >= 11 is 6.44. The molecule has 5 nitrogen and oxygen atoms in total. The molecule has 3 aromatic rings. The summed E-state index contributed by atoms with van der Waals surface area (Å²) in [5, 5.41) is 3.90. The first-order valence-electron chi connectivity index (χ1n) is 9.46. The van der Waals surface area contributed by atoms with Crippen molar-refractivity contribution in [2.75, 3.05) is 13.9 Å². The molecule has 7 heteroatoms. The minimum Gasteiger partial charge on any atom is -0.493 e. The summed E-state index contributed by atoms with van der Waals surface area (Å²) in [7, 11) is 1.56. The zero-order valence-corrected chi connectivity index (χ0v) is 17.2. The molecule has 0 unspecified atom stereocenters. The predicted octanol–water partition coefficient (Wildman–Crippen LogP) is 5.09. The topological polar surface area (TPSA) is 49.0 Å². The van der Waals surface area contributed by atoms with E-state index in [-0.39, 0.29) is 19.2 Å². The van der Waals surface area contributed by atoms with E-state index in [0.29, 0.717) is 35.2 Å². The van der Waals surface area contributed by atoms with Crippen LogP contribution in [0, 0.1) is 5.82 Å². The van der Waals surface area contributed by atoms with Crippen molar-refractivity contribution in [1.82, 2.24) is 5.32 Å². The fraction of sp³-hybridized carbons (Fsp3) is 0.217. The molecule has 0 saturated carbocycles. The summed E-state index contributed by atoms with van der Waals surface area (Å²) in [4.78, 5) is 0. The second kappa shape index (κ2) is 9.24. The molecular weight excluding hydrogens is 409 g/mol. The Balaban J connectivity index is 1.39. The molecule has 0 aliphatic carbocycles. The first kappa shape index (κ1) is 20.3. The fourth-order valence-corrected chi connectivity index (χ4v) is 3.37. The van der Waals surface area contributed by atoms with Crippen molar-refractivity contribution in [2.24, 2.45) is 0 Å².